The molecule has 1 amide bonds. The first-order valence-corrected chi connectivity index (χ1v) is 3.97. The number of hydrogen-bond donors (Lipinski definition) is 3. The summed E-state index contributed by atoms with van der Waals surface area (Å²) in [5.74, 6) is -0.323. The monoisotopic (exact) mass is 187 g/mol. The van der Waals surface area contributed by atoms with E-state index in [0.29, 0.717) is 0 Å². The van der Waals surface area contributed by atoms with Crippen LogP contribution in [0.3, 0.4) is 0 Å². The van der Waals surface area contributed by atoms with Gasteiger partial charge in [-0.3, -0.25) is 4.79 Å². The summed E-state index contributed by atoms with van der Waals surface area (Å²) < 4.78 is 4.91. The van der Waals surface area contributed by atoms with Gasteiger partial charge in [-0.15, -0.1) is 6.58 Å². The van der Waals surface area contributed by atoms with E-state index in [-0.39, 0.29) is 5.91 Å². The van der Waals surface area contributed by atoms with Crippen LogP contribution in [0, 0.1) is 0 Å². The third kappa shape index (κ3) is 2.06. The Morgan fingerprint density at radius 3 is 2.62 bits per heavy atom. The van der Waals surface area contributed by atoms with Gasteiger partial charge in [0, 0.05) is 6.92 Å². The van der Waals surface area contributed by atoms with Crippen molar-refractivity contribution in [2.45, 2.75) is 31.5 Å². The van der Waals surface area contributed by atoms with Crippen molar-refractivity contribution in [1.29, 1.82) is 0 Å². The van der Waals surface area contributed by atoms with Gasteiger partial charge in [0.05, 0.1) is 0 Å². The molecule has 5 nitrogen and oxygen atoms in total. The second-order valence-electron chi connectivity index (χ2n) is 2.94. The number of rotatable bonds is 2. The van der Waals surface area contributed by atoms with Gasteiger partial charge in [-0.25, -0.2) is 0 Å². The van der Waals surface area contributed by atoms with Gasteiger partial charge in [-0.1, -0.05) is 6.08 Å². The molecule has 0 aromatic rings. The third-order valence-corrected chi connectivity index (χ3v) is 1.91. The summed E-state index contributed by atoms with van der Waals surface area (Å²) in [6, 6.07) is -0.777. The molecular weight excluding hydrogens is 174 g/mol. The molecule has 0 radical (unpaired) electrons. The lowest BCUT2D eigenvalue weighted by Gasteiger charge is -2.16. The molecule has 0 saturated carbocycles. The molecule has 74 valence electrons. The predicted molar refractivity (Wildman–Crippen MR) is 44.7 cm³/mol. The van der Waals surface area contributed by atoms with Gasteiger partial charge in [0.2, 0.25) is 5.91 Å². The lowest BCUT2D eigenvalue weighted by Crippen LogP contribution is -2.46. The van der Waals surface area contributed by atoms with Crippen LogP contribution in [0.2, 0.25) is 0 Å². The van der Waals surface area contributed by atoms with E-state index >= 15 is 0 Å². The van der Waals surface area contributed by atoms with E-state index in [1.807, 2.05) is 0 Å². The Kier molecular flexibility index (Phi) is 3.02. The quantitative estimate of drug-likeness (QED) is 0.472. The Morgan fingerprint density at radius 1 is 1.62 bits per heavy atom. The molecule has 5 heteroatoms. The van der Waals surface area contributed by atoms with Crippen LogP contribution in [0.15, 0.2) is 12.7 Å². The molecule has 0 aromatic carbocycles. The highest BCUT2D eigenvalue weighted by Gasteiger charge is 2.41. The SMILES string of the molecule is C=C[C@H]1OC(O)[C@H](NC(C)=O)[C@@H]1O. The van der Waals surface area contributed by atoms with Gasteiger partial charge < -0.3 is 20.3 Å². The molecule has 0 aliphatic carbocycles. The summed E-state index contributed by atoms with van der Waals surface area (Å²) in [6.45, 7) is 4.74. The molecule has 3 N–H and O–H groups in total. The summed E-state index contributed by atoms with van der Waals surface area (Å²) in [6.07, 6.45) is -1.37. The van der Waals surface area contributed by atoms with Crippen LogP contribution in [0.4, 0.5) is 0 Å². The summed E-state index contributed by atoms with van der Waals surface area (Å²) in [5, 5.41) is 21.2. The smallest absolute Gasteiger partial charge is 0.217 e. The molecule has 1 rings (SSSR count). The highest BCUT2D eigenvalue weighted by molar-refractivity contribution is 5.73. The Bertz CT molecular complexity index is 218. The maximum atomic E-state index is 10.7. The number of carbonyl (C=O) groups excluding carboxylic acids is 1. The zero-order valence-electron chi connectivity index (χ0n) is 7.30. The van der Waals surface area contributed by atoms with E-state index in [4.69, 9.17) is 4.74 Å². The number of aliphatic hydroxyl groups is 2. The fraction of sp³-hybridized carbons (Fsp3) is 0.625. The van der Waals surface area contributed by atoms with Crippen molar-refractivity contribution in [3.05, 3.63) is 12.7 Å². The maximum Gasteiger partial charge on any atom is 0.217 e. The normalized spacial score (nSPS) is 38.7. The molecule has 1 heterocycles. The van der Waals surface area contributed by atoms with Crippen molar-refractivity contribution in [3.8, 4) is 0 Å². The number of nitrogens with one attached hydrogen (secondary N) is 1. The molecule has 1 unspecified atom stereocenters. The van der Waals surface area contributed by atoms with Crippen LogP contribution in [-0.2, 0) is 9.53 Å². The summed E-state index contributed by atoms with van der Waals surface area (Å²) >= 11 is 0. The van der Waals surface area contributed by atoms with E-state index in [1.54, 1.807) is 0 Å². The number of hydrogen-bond acceptors (Lipinski definition) is 4. The van der Waals surface area contributed by atoms with Crippen molar-refractivity contribution >= 4 is 5.91 Å². The highest BCUT2D eigenvalue weighted by Crippen LogP contribution is 2.19. The first-order chi connectivity index (χ1) is 6.06. The number of amides is 1. The largest absolute Gasteiger partial charge is 0.388 e. The first kappa shape index (κ1) is 10.2. The van der Waals surface area contributed by atoms with Crippen LogP contribution >= 0.6 is 0 Å². The molecule has 0 spiro atoms. The maximum absolute atomic E-state index is 10.7. The molecular formula is C8H13NO4. The molecule has 1 saturated heterocycles. The Balaban J connectivity index is 2.63. The van der Waals surface area contributed by atoms with E-state index in [1.165, 1.54) is 13.0 Å². The summed E-state index contributed by atoms with van der Waals surface area (Å²) in [7, 11) is 0. The first-order valence-electron chi connectivity index (χ1n) is 3.97. The fourth-order valence-electron chi connectivity index (χ4n) is 1.29. The van der Waals surface area contributed by atoms with Crippen molar-refractivity contribution in [3.63, 3.8) is 0 Å². The van der Waals surface area contributed by atoms with Crippen molar-refractivity contribution in [1.82, 2.24) is 5.32 Å². The lowest BCUT2D eigenvalue weighted by molar-refractivity contribution is -0.124. The van der Waals surface area contributed by atoms with Crippen LogP contribution in [0.1, 0.15) is 6.92 Å². The number of carbonyl (C=O) groups is 1. The van der Waals surface area contributed by atoms with E-state index in [0.717, 1.165) is 0 Å². The van der Waals surface area contributed by atoms with Gasteiger partial charge >= 0.3 is 0 Å². The van der Waals surface area contributed by atoms with Gasteiger partial charge in [-0.2, -0.15) is 0 Å². The minimum Gasteiger partial charge on any atom is -0.388 e. The van der Waals surface area contributed by atoms with Gasteiger partial charge in [0.15, 0.2) is 6.29 Å². The third-order valence-electron chi connectivity index (χ3n) is 1.91. The van der Waals surface area contributed by atoms with Crippen molar-refractivity contribution in [2.24, 2.45) is 0 Å². The van der Waals surface area contributed by atoms with E-state index in [9.17, 15) is 15.0 Å². The van der Waals surface area contributed by atoms with E-state index in [2.05, 4.69) is 11.9 Å². The minimum absolute atomic E-state index is 0.323. The van der Waals surface area contributed by atoms with E-state index < -0.39 is 24.5 Å². The Labute approximate surface area is 76.0 Å². The zero-order chi connectivity index (χ0) is 10.0. The van der Waals surface area contributed by atoms with Crippen LogP contribution in [0.25, 0.3) is 0 Å². The molecule has 1 fully saturated rings. The molecule has 0 aromatic heterocycles. The number of ether oxygens (including phenoxy) is 1. The van der Waals surface area contributed by atoms with Crippen LogP contribution < -0.4 is 5.32 Å². The predicted octanol–water partition coefficient (Wildman–Crippen LogP) is -1.24. The molecule has 4 atom stereocenters. The number of aliphatic hydroxyl groups excluding tert-OH is 2. The molecule has 1 aliphatic heterocycles. The molecule has 0 bridgehead atoms. The van der Waals surface area contributed by atoms with Crippen LogP contribution in [0.5, 0.6) is 0 Å². The van der Waals surface area contributed by atoms with Crippen molar-refractivity contribution < 1.29 is 19.7 Å². The van der Waals surface area contributed by atoms with Gasteiger partial charge in [0.25, 0.3) is 0 Å². The second kappa shape index (κ2) is 3.87. The van der Waals surface area contributed by atoms with Gasteiger partial charge in [0.1, 0.15) is 18.2 Å². The van der Waals surface area contributed by atoms with Crippen LogP contribution in [-0.4, -0.2) is 40.7 Å². The summed E-state index contributed by atoms with van der Waals surface area (Å²) in [5.41, 5.74) is 0. The van der Waals surface area contributed by atoms with Crippen molar-refractivity contribution in [2.75, 3.05) is 0 Å². The Hall–Kier alpha value is -0.910. The van der Waals surface area contributed by atoms with Gasteiger partial charge in [-0.05, 0) is 0 Å². The molecule has 1 aliphatic rings. The fourth-order valence-corrected chi connectivity index (χ4v) is 1.29. The summed E-state index contributed by atoms with van der Waals surface area (Å²) in [4.78, 5) is 10.7. The molecule has 13 heavy (non-hydrogen) atoms. The lowest BCUT2D eigenvalue weighted by atomic mass is 10.1. The average Bonchev–Trinajstić information content (AvgIpc) is 2.31. The average molecular weight is 187 g/mol. The highest BCUT2D eigenvalue weighted by atomic mass is 16.6. The topological polar surface area (TPSA) is 78.8 Å². The minimum atomic E-state index is -1.18. The standard InChI is InChI=1S/C8H13NO4/c1-3-5-7(11)6(8(12)13-5)9-4(2)10/h3,5-8,11-12H,1H2,2H3,(H,9,10)/t5-,6-,7-,8?/m1/s1. The second-order valence-corrected chi connectivity index (χ2v) is 2.94. The zero-order valence-corrected chi connectivity index (χ0v) is 7.30. The Morgan fingerprint density at radius 2 is 2.23 bits per heavy atom.